The van der Waals surface area contributed by atoms with Gasteiger partial charge < -0.3 is 5.73 Å². The van der Waals surface area contributed by atoms with E-state index in [1.807, 2.05) is 11.3 Å². The van der Waals surface area contributed by atoms with E-state index in [1.165, 1.54) is 27.2 Å². The molecule has 0 aromatic carbocycles. The van der Waals surface area contributed by atoms with Gasteiger partial charge in [-0.15, -0.1) is 11.3 Å². The van der Waals surface area contributed by atoms with Crippen LogP contribution in [0.1, 0.15) is 23.1 Å². The summed E-state index contributed by atoms with van der Waals surface area (Å²) >= 11 is 5.46. The number of thiophene rings is 1. The first kappa shape index (κ1) is 12.6. The van der Waals surface area contributed by atoms with Crippen LogP contribution in [0.25, 0.3) is 0 Å². The van der Waals surface area contributed by atoms with Crippen LogP contribution in [0.5, 0.6) is 0 Å². The third kappa shape index (κ3) is 2.86. The van der Waals surface area contributed by atoms with Crippen molar-refractivity contribution < 1.29 is 0 Å². The molecule has 16 heavy (non-hydrogen) atoms. The molecule has 1 fully saturated rings. The molecule has 0 aliphatic carbocycles. The fourth-order valence-corrected chi connectivity index (χ4v) is 3.90. The summed E-state index contributed by atoms with van der Waals surface area (Å²) in [5.41, 5.74) is 5.95. The van der Waals surface area contributed by atoms with Crippen molar-refractivity contribution in [3.8, 4) is 0 Å². The number of hydrogen-bond acceptors (Lipinski definition) is 3. The van der Waals surface area contributed by atoms with Crippen LogP contribution in [0, 0.1) is 12.8 Å². The summed E-state index contributed by atoms with van der Waals surface area (Å²) in [7, 11) is 0. The molecule has 4 heteroatoms. The maximum absolute atomic E-state index is 5.95. The second-order valence-corrected chi connectivity index (χ2v) is 6.96. The van der Waals surface area contributed by atoms with Crippen molar-refractivity contribution in [3.63, 3.8) is 0 Å². The minimum Gasteiger partial charge on any atom is -0.328 e. The fourth-order valence-electron chi connectivity index (χ4n) is 2.25. The summed E-state index contributed by atoms with van der Waals surface area (Å²) in [6.45, 7) is 7.72. The van der Waals surface area contributed by atoms with E-state index in [9.17, 15) is 0 Å². The number of halogens is 1. The maximum atomic E-state index is 5.95. The number of nitrogens with two attached hydrogens (primary N) is 1. The molecule has 2 atom stereocenters. The van der Waals surface area contributed by atoms with Gasteiger partial charge in [0.15, 0.2) is 0 Å². The highest BCUT2D eigenvalue weighted by atomic mass is 79.9. The molecule has 0 spiro atoms. The summed E-state index contributed by atoms with van der Waals surface area (Å²) in [6.07, 6.45) is 1.25. The highest BCUT2D eigenvalue weighted by Gasteiger charge is 2.25. The zero-order chi connectivity index (χ0) is 11.7. The zero-order valence-corrected chi connectivity index (χ0v) is 12.3. The molecule has 1 saturated heterocycles. The average Bonchev–Trinajstić information content (AvgIpc) is 2.76. The van der Waals surface area contributed by atoms with Crippen LogP contribution < -0.4 is 5.73 Å². The number of aryl methyl sites for hydroxylation is 1. The van der Waals surface area contributed by atoms with Crippen LogP contribution >= 0.6 is 27.3 Å². The number of likely N-dealkylation sites (tertiary alicyclic amines) is 1. The quantitative estimate of drug-likeness (QED) is 0.930. The van der Waals surface area contributed by atoms with Gasteiger partial charge in [0.1, 0.15) is 0 Å². The van der Waals surface area contributed by atoms with Gasteiger partial charge in [0.05, 0.1) is 0 Å². The van der Waals surface area contributed by atoms with Crippen molar-refractivity contribution in [2.24, 2.45) is 11.7 Å². The van der Waals surface area contributed by atoms with Crippen molar-refractivity contribution in [1.82, 2.24) is 4.90 Å². The molecular weight excluding hydrogens is 284 g/mol. The van der Waals surface area contributed by atoms with Gasteiger partial charge in [0.2, 0.25) is 0 Å². The van der Waals surface area contributed by atoms with Crippen molar-refractivity contribution >= 4 is 27.3 Å². The van der Waals surface area contributed by atoms with Crippen LogP contribution in [-0.2, 0) is 6.54 Å². The summed E-state index contributed by atoms with van der Waals surface area (Å²) in [5.74, 6) is 0.685. The lowest BCUT2D eigenvalue weighted by Crippen LogP contribution is -2.29. The molecule has 90 valence electrons. The SMILES string of the molecule is Cc1sc(CN2CCC(C(C)N)C2)cc1Br. The molecule has 2 heterocycles. The van der Waals surface area contributed by atoms with E-state index in [2.05, 4.69) is 40.7 Å². The predicted molar refractivity (Wildman–Crippen MR) is 73.8 cm³/mol. The minimum absolute atomic E-state index is 0.335. The zero-order valence-electron chi connectivity index (χ0n) is 9.87. The Bertz CT molecular complexity index is 342. The Morgan fingerprint density at radius 3 is 2.94 bits per heavy atom. The minimum atomic E-state index is 0.335. The molecule has 1 aliphatic heterocycles. The lowest BCUT2D eigenvalue weighted by Gasteiger charge is -2.16. The second kappa shape index (κ2) is 5.17. The normalized spacial score (nSPS) is 23.9. The van der Waals surface area contributed by atoms with Gasteiger partial charge in [-0.05, 0) is 54.7 Å². The smallest absolute Gasteiger partial charge is 0.0328 e. The lowest BCUT2D eigenvalue weighted by atomic mass is 10.0. The van der Waals surface area contributed by atoms with Gasteiger partial charge in [-0.3, -0.25) is 4.90 Å². The molecule has 1 aromatic rings. The van der Waals surface area contributed by atoms with E-state index in [4.69, 9.17) is 5.73 Å². The van der Waals surface area contributed by atoms with E-state index in [0.717, 1.165) is 13.1 Å². The molecule has 2 N–H and O–H groups in total. The Balaban J connectivity index is 1.92. The van der Waals surface area contributed by atoms with Gasteiger partial charge in [-0.25, -0.2) is 0 Å². The number of nitrogens with zero attached hydrogens (tertiary/aromatic N) is 1. The third-order valence-electron chi connectivity index (χ3n) is 3.34. The molecule has 0 amide bonds. The van der Waals surface area contributed by atoms with Crippen LogP contribution in [0.2, 0.25) is 0 Å². The molecule has 2 rings (SSSR count). The van der Waals surface area contributed by atoms with Gasteiger partial charge in [-0.2, -0.15) is 0 Å². The van der Waals surface area contributed by atoms with Gasteiger partial charge in [-0.1, -0.05) is 0 Å². The Kier molecular flexibility index (Phi) is 4.06. The third-order valence-corrected chi connectivity index (χ3v) is 5.46. The highest BCUT2D eigenvalue weighted by Crippen LogP contribution is 2.29. The van der Waals surface area contributed by atoms with Crippen molar-refractivity contribution in [2.45, 2.75) is 32.9 Å². The molecule has 0 radical (unpaired) electrons. The standard InChI is InChI=1S/C12H19BrN2S/c1-8(14)10-3-4-15(6-10)7-11-5-12(13)9(2)16-11/h5,8,10H,3-4,6-7,14H2,1-2H3. The molecular formula is C12H19BrN2S. The van der Waals surface area contributed by atoms with E-state index in [0.29, 0.717) is 12.0 Å². The van der Waals surface area contributed by atoms with E-state index in [-0.39, 0.29) is 0 Å². The fraction of sp³-hybridized carbons (Fsp3) is 0.667. The molecule has 2 nitrogen and oxygen atoms in total. The predicted octanol–water partition coefficient (Wildman–Crippen LogP) is 2.99. The van der Waals surface area contributed by atoms with Crippen LogP contribution in [0.4, 0.5) is 0 Å². The van der Waals surface area contributed by atoms with Crippen molar-refractivity contribution in [3.05, 3.63) is 20.3 Å². The first-order valence-corrected chi connectivity index (χ1v) is 7.40. The monoisotopic (exact) mass is 302 g/mol. The second-order valence-electron chi connectivity index (χ2n) is 4.76. The van der Waals surface area contributed by atoms with Crippen LogP contribution in [0.15, 0.2) is 10.5 Å². The molecule has 1 aliphatic rings. The molecule has 0 saturated carbocycles. The first-order chi connectivity index (χ1) is 7.56. The lowest BCUT2D eigenvalue weighted by molar-refractivity contribution is 0.311. The summed E-state index contributed by atoms with van der Waals surface area (Å²) in [5, 5.41) is 0. The first-order valence-electron chi connectivity index (χ1n) is 5.79. The van der Waals surface area contributed by atoms with Crippen LogP contribution in [-0.4, -0.2) is 24.0 Å². The molecule has 0 bridgehead atoms. The van der Waals surface area contributed by atoms with E-state index >= 15 is 0 Å². The summed E-state index contributed by atoms with van der Waals surface area (Å²) < 4.78 is 1.25. The van der Waals surface area contributed by atoms with E-state index in [1.54, 1.807) is 0 Å². The molecule has 2 unspecified atom stereocenters. The van der Waals surface area contributed by atoms with Crippen molar-refractivity contribution in [2.75, 3.05) is 13.1 Å². The Labute approximate surface area is 110 Å². The Morgan fingerprint density at radius 2 is 2.44 bits per heavy atom. The van der Waals surface area contributed by atoms with Gasteiger partial charge in [0, 0.05) is 33.4 Å². The summed E-state index contributed by atoms with van der Waals surface area (Å²) in [6, 6.07) is 2.58. The number of rotatable bonds is 3. The van der Waals surface area contributed by atoms with Crippen LogP contribution in [0.3, 0.4) is 0 Å². The van der Waals surface area contributed by atoms with Gasteiger partial charge in [0.25, 0.3) is 0 Å². The Hall–Kier alpha value is 0.100. The van der Waals surface area contributed by atoms with E-state index < -0.39 is 0 Å². The Morgan fingerprint density at radius 1 is 1.69 bits per heavy atom. The molecule has 1 aromatic heterocycles. The average molecular weight is 303 g/mol. The van der Waals surface area contributed by atoms with Crippen molar-refractivity contribution in [1.29, 1.82) is 0 Å². The number of hydrogen-bond donors (Lipinski definition) is 1. The topological polar surface area (TPSA) is 29.3 Å². The largest absolute Gasteiger partial charge is 0.328 e. The highest BCUT2D eigenvalue weighted by molar-refractivity contribution is 9.10. The summed E-state index contributed by atoms with van der Waals surface area (Å²) in [4.78, 5) is 5.35. The maximum Gasteiger partial charge on any atom is 0.0328 e. The van der Waals surface area contributed by atoms with Gasteiger partial charge >= 0.3 is 0 Å².